The SMILES string of the molecule is Cc1cc(N2CCN(CC3(CO)COC3)CC2)nc(C(C)C)n1. The smallest absolute Gasteiger partial charge is 0.133 e. The molecule has 1 aromatic rings. The van der Waals surface area contributed by atoms with E-state index in [-0.39, 0.29) is 12.0 Å². The Balaban J connectivity index is 1.60. The second kappa shape index (κ2) is 6.71. The summed E-state index contributed by atoms with van der Waals surface area (Å²) in [5.41, 5.74) is 1.00. The van der Waals surface area contributed by atoms with E-state index in [1.807, 2.05) is 6.92 Å². The maximum Gasteiger partial charge on any atom is 0.133 e. The largest absolute Gasteiger partial charge is 0.396 e. The molecule has 2 aliphatic heterocycles. The molecular formula is C17H28N4O2. The van der Waals surface area contributed by atoms with Crippen LogP contribution in [-0.2, 0) is 4.74 Å². The van der Waals surface area contributed by atoms with Gasteiger partial charge in [-0.1, -0.05) is 13.8 Å². The van der Waals surface area contributed by atoms with E-state index in [9.17, 15) is 5.11 Å². The van der Waals surface area contributed by atoms with Crippen molar-refractivity contribution < 1.29 is 9.84 Å². The van der Waals surface area contributed by atoms with E-state index in [4.69, 9.17) is 9.72 Å². The van der Waals surface area contributed by atoms with Gasteiger partial charge in [0, 0.05) is 50.4 Å². The number of rotatable bonds is 5. The number of aryl methyl sites for hydroxylation is 1. The van der Waals surface area contributed by atoms with E-state index >= 15 is 0 Å². The highest BCUT2D eigenvalue weighted by atomic mass is 16.5. The molecule has 2 fully saturated rings. The summed E-state index contributed by atoms with van der Waals surface area (Å²) in [6.45, 7) is 12.8. The zero-order valence-electron chi connectivity index (χ0n) is 14.5. The standard InChI is InChI=1S/C17H28N4O2/c1-13(2)16-18-14(3)8-15(19-16)21-6-4-20(5-7-21)9-17(10-22)11-23-12-17/h8,13,22H,4-7,9-12H2,1-3H3. The van der Waals surface area contributed by atoms with Gasteiger partial charge in [-0.25, -0.2) is 9.97 Å². The van der Waals surface area contributed by atoms with E-state index in [2.05, 4.69) is 34.7 Å². The Labute approximate surface area is 138 Å². The molecule has 1 N–H and O–H groups in total. The molecule has 0 atom stereocenters. The lowest BCUT2D eigenvalue weighted by Gasteiger charge is -2.45. The molecule has 2 aliphatic rings. The summed E-state index contributed by atoms with van der Waals surface area (Å²) in [6.07, 6.45) is 0. The first-order valence-corrected chi connectivity index (χ1v) is 8.53. The first-order chi connectivity index (χ1) is 11.0. The Bertz CT molecular complexity index is 532. The maximum absolute atomic E-state index is 9.58. The van der Waals surface area contributed by atoms with Gasteiger partial charge >= 0.3 is 0 Å². The third-order valence-electron chi connectivity index (χ3n) is 4.78. The highest BCUT2D eigenvalue weighted by Gasteiger charge is 2.40. The fraction of sp³-hybridized carbons (Fsp3) is 0.765. The number of aliphatic hydroxyl groups excluding tert-OH is 1. The second-order valence-electron chi connectivity index (χ2n) is 7.29. The van der Waals surface area contributed by atoms with Crippen molar-refractivity contribution in [2.24, 2.45) is 5.41 Å². The van der Waals surface area contributed by atoms with E-state index in [1.54, 1.807) is 0 Å². The summed E-state index contributed by atoms with van der Waals surface area (Å²) >= 11 is 0. The number of hydrogen-bond acceptors (Lipinski definition) is 6. The van der Waals surface area contributed by atoms with Crippen LogP contribution in [0.2, 0.25) is 0 Å². The van der Waals surface area contributed by atoms with Gasteiger partial charge in [0.2, 0.25) is 0 Å². The maximum atomic E-state index is 9.58. The molecule has 0 radical (unpaired) electrons. The minimum Gasteiger partial charge on any atom is -0.396 e. The van der Waals surface area contributed by atoms with Crippen molar-refractivity contribution in [2.75, 3.05) is 57.4 Å². The molecule has 23 heavy (non-hydrogen) atoms. The molecule has 0 saturated carbocycles. The number of ether oxygens (including phenoxy) is 1. The van der Waals surface area contributed by atoms with Crippen LogP contribution in [0.3, 0.4) is 0 Å². The van der Waals surface area contributed by atoms with Gasteiger partial charge in [0.1, 0.15) is 11.6 Å². The van der Waals surface area contributed by atoms with Crippen molar-refractivity contribution in [3.05, 3.63) is 17.6 Å². The van der Waals surface area contributed by atoms with Crippen LogP contribution in [0.5, 0.6) is 0 Å². The minimum atomic E-state index is -0.0293. The summed E-state index contributed by atoms with van der Waals surface area (Å²) in [5, 5.41) is 9.58. The van der Waals surface area contributed by atoms with Gasteiger partial charge in [-0.3, -0.25) is 4.90 Å². The average Bonchev–Trinajstić information content (AvgIpc) is 2.51. The summed E-state index contributed by atoms with van der Waals surface area (Å²) in [7, 11) is 0. The van der Waals surface area contributed by atoms with E-state index in [0.717, 1.165) is 50.1 Å². The normalized spacial score (nSPS) is 21.5. The Morgan fingerprint density at radius 1 is 1.22 bits per heavy atom. The van der Waals surface area contributed by atoms with Crippen LogP contribution in [0, 0.1) is 12.3 Å². The molecule has 1 aromatic heterocycles. The molecule has 3 heterocycles. The number of anilines is 1. The van der Waals surface area contributed by atoms with Crippen LogP contribution in [0.25, 0.3) is 0 Å². The van der Waals surface area contributed by atoms with E-state index < -0.39 is 0 Å². The molecule has 3 rings (SSSR count). The van der Waals surface area contributed by atoms with Gasteiger partial charge in [0.25, 0.3) is 0 Å². The summed E-state index contributed by atoms with van der Waals surface area (Å²) in [6, 6.07) is 2.08. The lowest BCUT2D eigenvalue weighted by molar-refractivity contribution is -0.148. The number of aromatic nitrogens is 2. The molecule has 0 aromatic carbocycles. The molecule has 0 amide bonds. The first kappa shape index (κ1) is 16.6. The van der Waals surface area contributed by atoms with Gasteiger partial charge in [0.05, 0.1) is 25.2 Å². The van der Waals surface area contributed by atoms with E-state index in [1.165, 1.54) is 0 Å². The van der Waals surface area contributed by atoms with Crippen LogP contribution in [0.4, 0.5) is 5.82 Å². The van der Waals surface area contributed by atoms with Crippen molar-refractivity contribution in [3.8, 4) is 0 Å². The number of hydrogen-bond donors (Lipinski definition) is 1. The van der Waals surface area contributed by atoms with Crippen molar-refractivity contribution in [1.82, 2.24) is 14.9 Å². The quantitative estimate of drug-likeness (QED) is 0.875. The van der Waals surface area contributed by atoms with Crippen molar-refractivity contribution in [1.29, 1.82) is 0 Å². The number of piperazine rings is 1. The highest BCUT2D eigenvalue weighted by Crippen LogP contribution is 2.28. The van der Waals surface area contributed by atoms with Gasteiger partial charge in [-0.2, -0.15) is 0 Å². The van der Waals surface area contributed by atoms with Crippen molar-refractivity contribution >= 4 is 5.82 Å². The Morgan fingerprint density at radius 3 is 2.43 bits per heavy atom. The lowest BCUT2D eigenvalue weighted by atomic mass is 9.86. The van der Waals surface area contributed by atoms with Crippen LogP contribution in [0.1, 0.15) is 31.3 Å². The van der Waals surface area contributed by atoms with Crippen molar-refractivity contribution in [3.63, 3.8) is 0 Å². The van der Waals surface area contributed by atoms with E-state index in [0.29, 0.717) is 19.1 Å². The fourth-order valence-electron chi connectivity index (χ4n) is 3.23. The van der Waals surface area contributed by atoms with Gasteiger partial charge in [0.15, 0.2) is 0 Å². The summed E-state index contributed by atoms with van der Waals surface area (Å²) in [5.74, 6) is 2.32. The lowest BCUT2D eigenvalue weighted by Crippen LogP contribution is -2.57. The Hall–Kier alpha value is -1.24. The molecule has 0 unspecified atom stereocenters. The molecule has 0 aliphatic carbocycles. The van der Waals surface area contributed by atoms with Crippen LogP contribution in [-0.4, -0.2) is 72.5 Å². The van der Waals surface area contributed by atoms with Gasteiger partial charge in [-0.05, 0) is 6.92 Å². The third kappa shape index (κ3) is 3.65. The molecule has 6 nitrogen and oxygen atoms in total. The molecule has 6 heteroatoms. The zero-order chi connectivity index (χ0) is 16.4. The molecular weight excluding hydrogens is 292 g/mol. The zero-order valence-corrected chi connectivity index (χ0v) is 14.5. The molecule has 0 spiro atoms. The van der Waals surface area contributed by atoms with Crippen LogP contribution >= 0.6 is 0 Å². The highest BCUT2D eigenvalue weighted by molar-refractivity contribution is 5.40. The topological polar surface area (TPSA) is 61.7 Å². The minimum absolute atomic E-state index is 0.0293. The predicted octanol–water partition coefficient (Wildman–Crippen LogP) is 1.04. The number of nitrogens with zero attached hydrogens (tertiary/aromatic N) is 4. The summed E-state index contributed by atoms with van der Waals surface area (Å²) < 4.78 is 5.30. The average molecular weight is 320 g/mol. The molecule has 2 saturated heterocycles. The van der Waals surface area contributed by atoms with Gasteiger partial charge < -0.3 is 14.7 Å². The monoisotopic (exact) mass is 320 g/mol. The Morgan fingerprint density at radius 2 is 1.91 bits per heavy atom. The molecule has 128 valence electrons. The first-order valence-electron chi connectivity index (χ1n) is 8.53. The van der Waals surface area contributed by atoms with Crippen molar-refractivity contribution in [2.45, 2.75) is 26.7 Å². The van der Waals surface area contributed by atoms with Gasteiger partial charge in [-0.15, -0.1) is 0 Å². The number of aliphatic hydroxyl groups is 1. The molecule has 0 bridgehead atoms. The fourth-order valence-corrected chi connectivity index (χ4v) is 3.23. The van der Waals surface area contributed by atoms with Crippen LogP contribution < -0.4 is 4.90 Å². The second-order valence-corrected chi connectivity index (χ2v) is 7.29. The third-order valence-corrected chi connectivity index (χ3v) is 4.78. The Kier molecular flexibility index (Phi) is 4.85. The van der Waals surface area contributed by atoms with Crippen LogP contribution in [0.15, 0.2) is 6.07 Å². The predicted molar refractivity (Wildman–Crippen MR) is 89.8 cm³/mol. The summed E-state index contributed by atoms with van der Waals surface area (Å²) in [4.78, 5) is 14.1.